The minimum atomic E-state index is -0.290. The molecule has 0 spiro atoms. The van der Waals surface area contributed by atoms with Crippen LogP contribution in [0.1, 0.15) is 23.3 Å². The highest BCUT2D eigenvalue weighted by molar-refractivity contribution is 5.91. The standard InChI is InChI=1S/C11H15N3O3/c1-14-10(16)3-2-9(13-14)11(17)12-6-7-4-8(15)5-7/h2-3,7-8,15H,4-6H2,1H3,(H,12,17). The molecule has 17 heavy (non-hydrogen) atoms. The summed E-state index contributed by atoms with van der Waals surface area (Å²) in [5, 5.41) is 15.7. The van der Waals surface area contributed by atoms with Crippen LogP contribution in [0.2, 0.25) is 0 Å². The molecule has 1 amide bonds. The van der Waals surface area contributed by atoms with E-state index in [1.165, 1.54) is 19.2 Å². The van der Waals surface area contributed by atoms with E-state index in [1.54, 1.807) is 0 Å². The Morgan fingerprint density at radius 3 is 2.88 bits per heavy atom. The van der Waals surface area contributed by atoms with Gasteiger partial charge in [0.2, 0.25) is 0 Å². The van der Waals surface area contributed by atoms with Crippen molar-refractivity contribution >= 4 is 5.91 Å². The zero-order valence-electron chi connectivity index (χ0n) is 9.59. The van der Waals surface area contributed by atoms with Gasteiger partial charge in [-0.15, -0.1) is 0 Å². The van der Waals surface area contributed by atoms with Crippen LogP contribution in [0, 0.1) is 5.92 Å². The van der Waals surface area contributed by atoms with Gasteiger partial charge in [-0.3, -0.25) is 9.59 Å². The van der Waals surface area contributed by atoms with Crippen LogP contribution < -0.4 is 10.9 Å². The van der Waals surface area contributed by atoms with Crippen molar-refractivity contribution in [3.63, 3.8) is 0 Å². The number of carbonyl (C=O) groups is 1. The zero-order valence-corrected chi connectivity index (χ0v) is 9.59. The van der Waals surface area contributed by atoms with Gasteiger partial charge in [-0.25, -0.2) is 4.68 Å². The molecule has 2 N–H and O–H groups in total. The molecule has 2 rings (SSSR count). The first-order valence-corrected chi connectivity index (χ1v) is 5.57. The van der Waals surface area contributed by atoms with Gasteiger partial charge in [0.05, 0.1) is 6.10 Å². The highest BCUT2D eigenvalue weighted by Gasteiger charge is 2.27. The fourth-order valence-corrected chi connectivity index (χ4v) is 1.82. The molecule has 0 saturated heterocycles. The number of aromatic nitrogens is 2. The first-order chi connectivity index (χ1) is 8.06. The van der Waals surface area contributed by atoms with Crippen molar-refractivity contribution in [1.82, 2.24) is 15.1 Å². The molecule has 0 unspecified atom stereocenters. The Morgan fingerprint density at radius 2 is 2.29 bits per heavy atom. The van der Waals surface area contributed by atoms with Gasteiger partial charge in [-0.2, -0.15) is 5.10 Å². The van der Waals surface area contributed by atoms with Crippen molar-refractivity contribution in [3.8, 4) is 0 Å². The van der Waals surface area contributed by atoms with E-state index >= 15 is 0 Å². The molecule has 1 heterocycles. The summed E-state index contributed by atoms with van der Waals surface area (Å²) in [5.41, 5.74) is -0.0179. The third-order valence-corrected chi connectivity index (χ3v) is 2.96. The molecule has 1 aromatic heterocycles. The molecule has 1 fully saturated rings. The van der Waals surface area contributed by atoms with E-state index in [1.807, 2.05) is 0 Å². The second-order valence-electron chi connectivity index (χ2n) is 4.38. The Labute approximate surface area is 98.3 Å². The molecule has 0 aromatic carbocycles. The molecule has 1 aliphatic rings. The lowest BCUT2D eigenvalue weighted by Gasteiger charge is -2.31. The maximum Gasteiger partial charge on any atom is 0.271 e. The third-order valence-electron chi connectivity index (χ3n) is 2.96. The van der Waals surface area contributed by atoms with E-state index in [2.05, 4.69) is 10.4 Å². The molecule has 1 aliphatic carbocycles. The molecular weight excluding hydrogens is 222 g/mol. The van der Waals surface area contributed by atoms with E-state index < -0.39 is 0 Å². The van der Waals surface area contributed by atoms with Gasteiger partial charge in [-0.05, 0) is 24.8 Å². The van der Waals surface area contributed by atoms with Crippen LogP contribution in [-0.2, 0) is 7.05 Å². The monoisotopic (exact) mass is 237 g/mol. The average molecular weight is 237 g/mol. The fourth-order valence-electron chi connectivity index (χ4n) is 1.82. The van der Waals surface area contributed by atoms with Crippen molar-refractivity contribution in [2.75, 3.05) is 6.54 Å². The van der Waals surface area contributed by atoms with Crippen LogP contribution in [0.25, 0.3) is 0 Å². The number of nitrogens with one attached hydrogen (secondary N) is 1. The van der Waals surface area contributed by atoms with Crippen molar-refractivity contribution in [2.24, 2.45) is 13.0 Å². The second-order valence-corrected chi connectivity index (χ2v) is 4.38. The molecule has 0 bridgehead atoms. The number of aryl methyl sites for hydroxylation is 1. The third kappa shape index (κ3) is 2.71. The second kappa shape index (κ2) is 4.67. The lowest BCUT2D eigenvalue weighted by Crippen LogP contribution is -2.39. The molecule has 6 nitrogen and oxygen atoms in total. The number of aliphatic hydroxyl groups excluding tert-OH is 1. The van der Waals surface area contributed by atoms with E-state index in [9.17, 15) is 9.59 Å². The summed E-state index contributed by atoms with van der Waals surface area (Å²) in [4.78, 5) is 22.8. The lowest BCUT2D eigenvalue weighted by atomic mass is 9.82. The largest absolute Gasteiger partial charge is 0.393 e. The Morgan fingerprint density at radius 1 is 1.59 bits per heavy atom. The van der Waals surface area contributed by atoms with Gasteiger partial charge in [0.15, 0.2) is 0 Å². The van der Waals surface area contributed by atoms with Crippen LogP contribution in [0.3, 0.4) is 0 Å². The highest BCUT2D eigenvalue weighted by Crippen LogP contribution is 2.26. The summed E-state index contributed by atoms with van der Waals surface area (Å²) < 4.78 is 1.13. The van der Waals surface area contributed by atoms with Crippen molar-refractivity contribution in [1.29, 1.82) is 0 Å². The topological polar surface area (TPSA) is 84.2 Å². The number of hydrogen-bond donors (Lipinski definition) is 2. The number of nitrogens with zero attached hydrogens (tertiary/aromatic N) is 2. The minimum absolute atomic E-state index is 0.215. The molecule has 0 aliphatic heterocycles. The summed E-state index contributed by atoms with van der Waals surface area (Å²) in [6.07, 6.45) is 1.26. The Hall–Kier alpha value is -1.69. The maximum absolute atomic E-state index is 11.7. The van der Waals surface area contributed by atoms with Crippen LogP contribution in [0.15, 0.2) is 16.9 Å². The van der Waals surface area contributed by atoms with Crippen LogP contribution in [0.5, 0.6) is 0 Å². The summed E-state index contributed by atoms with van der Waals surface area (Å²) in [7, 11) is 1.50. The molecule has 6 heteroatoms. The zero-order chi connectivity index (χ0) is 12.4. The lowest BCUT2D eigenvalue weighted by molar-refractivity contribution is 0.0419. The van der Waals surface area contributed by atoms with Crippen molar-refractivity contribution in [3.05, 3.63) is 28.2 Å². The Kier molecular flexibility index (Phi) is 3.23. The number of aliphatic hydroxyl groups is 1. The number of carbonyl (C=O) groups excluding carboxylic acids is 1. The van der Waals surface area contributed by atoms with E-state index in [0.29, 0.717) is 12.5 Å². The Balaban J connectivity index is 1.91. The van der Waals surface area contributed by atoms with Crippen molar-refractivity contribution in [2.45, 2.75) is 18.9 Å². The summed E-state index contributed by atoms with van der Waals surface area (Å²) in [5.74, 6) is 0.0588. The van der Waals surface area contributed by atoms with Gasteiger partial charge < -0.3 is 10.4 Å². The van der Waals surface area contributed by atoms with Crippen LogP contribution >= 0.6 is 0 Å². The van der Waals surface area contributed by atoms with Gasteiger partial charge in [-0.1, -0.05) is 0 Å². The average Bonchev–Trinajstić information content (AvgIpc) is 2.26. The van der Waals surface area contributed by atoms with Gasteiger partial charge in [0.25, 0.3) is 11.5 Å². The van der Waals surface area contributed by atoms with Gasteiger partial charge in [0, 0.05) is 19.7 Å². The molecular formula is C11H15N3O3. The molecule has 92 valence electrons. The minimum Gasteiger partial charge on any atom is -0.393 e. The normalized spacial score (nSPS) is 22.9. The fraction of sp³-hybridized carbons (Fsp3) is 0.545. The van der Waals surface area contributed by atoms with Crippen molar-refractivity contribution < 1.29 is 9.90 Å². The number of amides is 1. The van der Waals surface area contributed by atoms with Gasteiger partial charge in [0.1, 0.15) is 5.69 Å². The van der Waals surface area contributed by atoms with Crippen LogP contribution in [-0.4, -0.2) is 33.4 Å². The molecule has 1 saturated carbocycles. The molecule has 0 atom stereocenters. The SMILES string of the molecule is Cn1nc(C(=O)NCC2CC(O)C2)ccc1=O. The summed E-state index contributed by atoms with van der Waals surface area (Å²) in [6.45, 7) is 0.542. The first-order valence-electron chi connectivity index (χ1n) is 5.57. The quantitative estimate of drug-likeness (QED) is 0.726. The Bertz CT molecular complexity index is 477. The first kappa shape index (κ1) is 11.8. The maximum atomic E-state index is 11.7. The van der Waals surface area contributed by atoms with E-state index in [-0.39, 0.29) is 23.3 Å². The summed E-state index contributed by atoms with van der Waals surface area (Å²) >= 11 is 0. The number of hydrogen-bond acceptors (Lipinski definition) is 4. The predicted octanol–water partition coefficient (Wildman–Crippen LogP) is -0.719. The van der Waals surface area contributed by atoms with E-state index in [4.69, 9.17) is 5.11 Å². The van der Waals surface area contributed by atoms with Gasteiger partial charge >= 0.3 is 0 Å². The number of rotatable bonds is 3. The predicted molar refractivity (Wildman–Crippen MR) is 60.5 cm³/mol. The molecule has 1 aromatic rings. The van der Waals surface area contributed by atoms with E-state index in [0.717, 1.165) is 17.5 Å². The van der Waals surface area contributed by atoms with Crippen LogP contribution in [0.4, 0.5) is 0 Å². The smallest absolute Gasteiger partial charge is 0.271 e. The highest BCUT2D eigenvalue weighted by atomic mass is 16.3. The molecule has 0 radical (unpaired) electrons. The summed E-state index contributed by atoms with van der Waals surface area (Å²) in [6, 6.07) is 2.72.